The maximum absolute atomic E-state index is 12.6. The van der Waals surface area contributed by atoms with E-state index in [1.165, 1.54) is 38.0 Å². The van der Waals surface area contributed by atoms with Crippen LogP contribution < -0.4 is 5.32 Å². The third kappa shape index (κ3) is 5.12. The van der Waals surface area contributed by atoms with Crippen LogP contribution in [0.4, 0.5) is 5.69 Å². The van der Waals surface area contributed by atoms with Crippen molar-refractivity contribution in [3.63, 3.8) is 0 Å². The summed E-state index contributed by atoms with van der Waals surface area (Å²) in [5.74, 6) is -0.148. The lowest BCUT2D eigenvalue weighted by molar-refractivity contribution is -0.113. The molecule has 10 heteroatoms. The number of benzene rings is 2. The van der Waals surface area contributed by atoms with Gasteiger partial charge in [-0.15, -0.1) is 0 Å². The molecule has 7 nitrogen and oxygen atoms in total. The van der Waals surface area contributed by atoms with Crippen molar-refractivity contribution in [3.05, 3.63) is 64.9 Å². The first-order valence-corrected chi connectivity index (χ1v) is 12.2. The Morgan fingerprint density at radius 3 is 2.68 bits per heavy atom. The predicted molar refractivity (Wildman–Crippen MR) is 125 cm³/mol. The Morgan fingerprint density at radius 1 is 1.23 bits per heavy atom. The number of nitrogens with zero attached hydrogens (tertiary/aromatic N) is 3. The van der Waals surface area contributed by atoms with Crippen LogP contribution in [0, 0.1) is 13.8 Å². The highest BCUT2D eigenvalue weighted by Gasteiger charge is 2.19. The fraction of sp³-hybridized carbons (Fsp3) is 0.238. The van der Waals surface area contributed by atoms with Gasteiger partial charge in [-0.3, -0.25) is 9.36 Å². The van der Waals surface area contributed by atoms with Gasteiger partial charge in [-0.25, -0.2) is 17.7 Å². The Bertz CT molecular complexity index is 1220. The quantitative estimate of drug-likeness (QED) is 0.516. The molecule has 1 heterocycles. The predicted octanol–water partition coefficient (Wildman–Crippen LogP) is 4.12. The molecule has 0 saturated carbocycles. The van der Waals surface area contributed by atoms with Crippen LogP contribution in [0.3, 0.4) is 0 Å². The molecule has 0 bridgehead atoms. The van der Waals surface area contributed by atoms with Gasteiger partial charge in [0.1, 0.15) is 0 Å². The minimum absolute atomic E-state index is 0.112. The Balaban J connectivity index is 1.74. The molecule has 1 amide bonds. The van der Waals surface area contributed by atoms with E-state index in [1.54, 1.807) is 12.3 Å². The Hall–Kier alpha value is -2.33. The van der Waals surface area contributed by atoms with E-state index < -0.39 is 10.0 Å². The van der Waals surface area contributed by atoms with E-state index >= 15 is 0 Å². The lowest BCUT2D eigenvalue weighted by atomic mass is 10.2. The molecule has 0 saturated heterocycles. The zero-order chi connectivity index (χ0) is 22.8. The van der Waals surface area contributed by atoms with Crippen molar-refractivity contribution in [1.29, 1.82) is 0 Å². The lowest BCUT2D eigenvalue weighted by Crippen LogP contribution is -2.22. The van der Waals surface area contributed by atoms with Crippen LogP contribution in [-0.2, 0) is 14.8 Å². The van der Waals surface area contributed by atoms with Crippen molar-refractivity contribution in [2.24, 2.45) is 0 Å². The van der Waals surface area contributed by atoms with Gasteiger partial charge in [0.05, 0.1) is 16.3 Å². The number of hydrogen-bond acceptors (Lipinski definition) is 5. The summed E-state index contributed by atoms with van der Waals surface area (Å²) in [5.41, 5.74) is 3.04. The third-order valence-electron chi connectivity index (χ3n) is 4.70. The van der Waals surface area contributed by atoms with Gasteiger partial charge in [0, 0.05) is 37.2 Å². The lowest BCUT2D eigenvalue weighted by Gasteiger charge is -2.14. The number of hydrogen-bond donors (Lipinski definition) is 1. The van der Waals surface area contributed by atoms with Crippen molar-refractivity contribution < 1.29 is 13.2 Å². The molecule has 2 aromatic carbocycles. The van der Waals surface area contributed by atoms with Crippen LogP contribution in [0.25, 0.3) is 5.69 Å². The molecular weight excluding hydrogens is 456 g/mol. The van der Waals surface area contributed by atoms with E-state index in [0.717, 1.165) is 21.1 Å². The molecule has 3 aromatic rings. The molecule has 0 aliphatic rings. The summed E-state index contributed by atoms with van der Waals surface area (Å²) >= 11 is 7.51. The molecule has 1 N–H and O–H groups in total. The van der Waals surface area contributed by atoms with Gasteiger partial charge >= 0.3 is 0 Å². The van der Waals surface area contributed by atoms with Crippen molar-refractivity contribution >= 4 is 45.0 Å². The van der Waals surface area contributed by atoms with Crippen molar-refractivity contribution in [3.8, 4) is 5.69 Å². The number of rotatable bonds is 7. The number of imidazole rings is 1. The third-order valence-corrected chi connectivity index (χ3v) is 7.89. The van der Waals surface area contributed by atoms with E-state index in [9.17, 15) is 13.2 Å². The number of halogens is 1. The SMILES string of the molecule is Cc1ccc(S(=O)(=O)N(C)C)cc1NC(=O)CSc1nccn1-c1cccc(Cl)c1C. The maximum atomic E-state index is 12.6. The minimum atomic E-state index is -3.59. The molecule has 1 aromatic heterocycles. The fourth-order valence-electron chi connectivity index (χ4n) is 2.86. The molecule has 3 rings (SSSR count). The molecule has 0 fully saturated rings. The van der Waals surface area contributed by atoms with Gasteiger partial charge < -0.3 is 5.32 Å². The summed E-state index contributed by atoms with van der Waals surface area (Å²) in [7, 11) is -0.659. The van der Waals surface area contributed by atoms with Crippen LogP contribution in [0.15, 0.2) is 58.8 Å². The molecule has 0 aliphatic carbocycles. The molecule has 0 atom stereocenters. The average Bonchev–Trinajstić information content (AvgIpc) is 3.18. The molecule has 0 radical (unpaired) electrons. The van der Waals surface area contributed by atoms with E-state index in [2.05, 4.69) is 10.3 Å². The second-order valence-electron chi connectivity index (χ2n) is 7.06. The van der Waals surface area contributed by atoms with Crippen LogP contribution in [0.5, 0.6) is 0 Å². The first-order chi connectivity index (χ1) is 14.6. The van der Waals surface area contributed by atoms with Gasteiger partial charge in [0.15, 0.2) is 5.16 Å². The topological polar surface area (TPSA) is 84.3 Å². The first kappa shape index (κ1) is 23.3. The van der Waals surface area contributed by atoms with Crippen LogP contribution in [0.2, 0.25) is 5.02 Å². The maximum Gasteiger partial charge on any atom is 0.242 e. The van der Waals surface area contributed by atoms with E-state index in [1.807, 2.05) is 42.8 Å². The highest BCUT2D eigenvalue weighted by atomic mass is 35.5. The summed E-state index contributed by atoms with van der Waals surface area (Å²) in [6, 6.07) is 10.3. The molecule has 0 unspecified atom stereocenters. The highest BCUT2D eigenvalue weighted by molar-refractivity contribution is 7.99. The number of sulfonamides is 1. The summed E-state index contributed by atoms with van der Waals surface area (Å²) in [6.07, 6.45) is 3.49. The second-order valence-corrected chi connectivity index (χ2v) is 10.6. The number of thioether (sulfide) groups is 1. The molecule has 31 heavy (non-hydrogen) atoms. The van der Waals surface area contributed by atoms with Crippen molar-refractivity contribution in [2.45, 2.75) is 23.9 Å². The number of amides is 1. The number of aryl methyl sites for hydroxylation is 1. The molecule has 0 spiro atoms. The largest absolute Gasteiger partial charge is 0.325 e. The average molecular weight is 479 g/mol. The summed E-state index contributed by atoms with van der Waals surface area (Å²) in [4.78, 5) is 17.0. The van der Waals surface area contributed by atoms with Gasteiger partial charge in [-0.2, -0.15) is 0 Å². The Kier molecular flexibility index (Phi) is 7.10. The van der Waals surface area contributed by atoms with E-state index in [0.29, 0.717) is 15.9 Å². The highest BCUT2D eigenvalue weighted by Crippen LogP contribution is 2.27. The van der Waals surface area contributed by atoms with E-state index in [-0.39, 0.29) is 16.6 Å². The van der Waals surface area contributed by atoms with Crippen LogP contribution >= 0.6 is 23.4 Å². The summed E-state index contributed by atoms with van der Waals surface area (Å²) < 4.78 is 27.8. The molecule has 164 valence electrons. The Labute approximate surface area is 191 Å². The number of anilines is 1. The van der Waals surface area contributed by atoms with E-state index in [4.69, 9.17) is 11.6 Å². The second kappa shape index (κ2) is 9.44. The van der Waals surface area contributed by atoms with Crippen LogP contribution in [0.1, 0.15) is 11.1 Å². The normalized spacial score (nSPS) is 11.7. The fourth-order valence-corrected chi connectivity index (χ4v) is 4.72. The minimum Gasteiger partial charge on any atom is -0.325 e. The van der Waals surface area contributed by atoms with Gasteiger partial charge in [0.25, 0.3) is 0 Å². The number of carbonyl (C=O) groups excluding carboxylic acids is 1. The standard InChI is InChI=1S/C21H23ClN4O3S2/c1-14-8-9-16(31(28,29)25(3)4)12-18(14)24-20(27)13-30-21-23-10-11-26(21)19-7-5-6-17(22)15(19)2/h5-12H,13H2,1-4H3,(H,24,27). The summed E-state index contributed by atoms with van der Waals surface area (Å²) in [6.45, 7) is 3.74. The molecule has 0 aliphatic heterocycles. The summed E-state index contributed by atoms with van der Waals surface area (Å²) in [5, 5.41) is 4.11. The number of aromatic nitrogens is 2. The van der Waals surface area contributed by atoms with Crippen molar-refractivity contribution in [2.75, 3.05) is 25.2 Å². The molecular formula is C21H23ClN4O3S2. The number of carbonyl (C=O) groups is 1. The van der Waals surface area contributed by atoms with Gasteiger partial charge in [-0.05, 0) is 49.2 Å². The van der Waals surface area contributed by atoms with Gasteiger partial charge in [-0.1, -0.05) is 35.5 Å². The zero-order valence-corrected chi connectivity index (χ0v) is 20.0. The smallest absolute Gasteiger partial charge is 0.242 e. The first-order valence-electron chi connectivity index (χ1n) is 9.36. The zero-order valence-electron chi connectivity index (χ0n) is 17.6. The number of nitrogens with one attached hydrogen (secondary N) is 1. The Morgan fingerprint density at radius 2 is 1.97 bits per heavy atom. The monoisotopic (exact) mass is 478 g/mol. The van der Waals surface area contributed by atoms with Gasteiger partial charge in [0.2, 0.25) is 15.9 Å². The van der Waals surface area contributed by atoms with Crippen molar-refractivity contribution in [1.82, 2.24) is 13.9 Å². The van der Waals surface area contributed by atoms with Crippen LogP contribution in [-0.4, -0.2) is 48.0 Å².